The molecule has 0 aromatic heterocycles. The maximum atomic E-state index is 10.7. The second-order valence-corrected chi connectivity index (χ2v) is 6.19. The Bertz CT molecular complexity index is 285. The number of ether oxygens (including phenoxy) is 5. The van der Waals surface area contributed by atoms with E-state index in [4.69, 9.17) is 28.8 Å². The normalized spacial score (nSPS) is 14.0. The molecule has 0 spiro atoms. The van der Waals surface area contributed by atoms with Gasteiger partial charge in [-0.2, -0.15) is 0 Å². The number of hydrogen-bond donors (Lipinski definition) is 1. The Morgan fingerprint density at radius 1 is 0.696 bits per heavy atom. The van der Waals surface area contributed by atoms with Gasteiger partial charge in [-0.3, -0.25) is 0 Å². The first kappa shape index (κ1) is 22.9. The van der Waals surface area contributed by atoms with Gasteiger partial charge in [-0.25, -0.2) is 0 Å². The zero-order valence-corrected chi connectivity index (χ0v) is 14.5. The molecule has 9 nitrogen and oxygen atoms in total. The molecule has 0 fully saturated rings. The topological polar surface area (TPSA) is 116 Å². The first-order valence-electron chi connectivity index (χ1n) is 7.49. The maximum Gasteiger partial charge on any atom is 0.131 e. The van der Waals surface area contributed by atoms with Crippen LogP contribution < -0.4 is 4.89 Å². The van der Waals surface area contributed by atoms with Crippen molar-refractivity contribution in [1.82, 2.24) is 0 Å². The summed E-state index contributed by atoms with van der Waals surface area (Å²) < 4.78 is 41.2. The van der Waals surface area contributed by atoms with Crippen molar-refractivity contribution >= 4 is 7.60 Å². The van der Waals surface area contributed by atoms with Crippen LogP contribution in [0.15, 0.2) is 0 Å². The molecule has 0 aromatic carbocycles. The number of rotatable bonds is 18. The Hall–Kier alpha value is -0.0900. The molecule has 1 N–H and O–H groups in total. The van der Waals surface area contributed by atoms with Crippen molar-refractivity contribution in [3.8, 4) is 0 Å². The standard InChI is InChI=1S/C13H29O9P/c1-23(15,16)22-13-12-21-11-10-20-9-8-19-7-6-18-5-4-17-3-2-14/h14H,2-13H2,1H3,(H,15,16)/p-1. The third-order valence-electron chi connectivity index (χ3n) is 2.28. The van der Waals surface area contributed by atoms with Crippen LogP contribution in [0.5, 0.6) is 0 Å². The van der Waals surface area contributed by atoms with Crippen molar-refractivity contribution in [2.45, 2.75) is 0 Å². The summed E-state index contributed by atoms with van der Waals surface area (Å²) in [6, 6.07) is 0. The Kier molecular flexibility index (Phi) is 16.7. The van der Waals surface area contributed by atoms with Crippen molar-refractivity contribution in [3.63, 3.8) is 0 Å². The molecule has 0 radical (unpaired) electrons. The SMILES string of the molecule is CP(=O)([O-])OCCOCCOCCOCCOCCOCCO. The van der Waals surface area contributed by atoms with E-state index in [2.05, 4.69) is 4.52 Å². The van der Waals surface area contributed by atoms with Gasteiger partial charge in [-0.05, 0) is 0 Å². The lowest BCUT2D eigenvalue weighted by atomic mass is 10.7. The molecule has 0 aromatic rings. The highest BCUT2D eigenvalue weighted by Gasteiger charge is 1.98. The summed E-state index contributed by atoms with van der Waals surface area (Å²) >= 11 is 0. The van der Waals surface area contributed by atoms with Crippen molar-refractivity contribution in [2.75, 3.05) is 85.9 Å². The summed E-state index contributed by atoms with van der Waals surface area (Å²) in [5.41, 5.74) is 0. The second kappa shape index (κ2) is 16.8. The molecular weight excluding hydrogens is 331 g/mol. The minimum absolute atomic E-state index is 0.0168. The third-order valence-corrected chi connectivity index (χ3v) is 2.93. The first-order chi connectivity index (χ1) is 11.1. The summed E-state index contributed by atoms with van der Waals surface area (Å²) in [5.74, 6) is 0. The monoisotopic (exact) mass is 359 g/mol. The first-order valence-corrected chi connectivity index (χ1v) is 9.48. The van der Waals surface area contributed by atoms with Crippen LogP contribution in [-0.4, -0.2) is 91.1 Å². The van der Waals surface area contributed by atoms with Crippen LogP contribution >= 0.6 is 7.60 Å². The third kappa shape index (κ3) is 21.9. The van der Waals surface area contributed by atoms with Crippen LogP contribution in [0.3, 0.4) is 0 Å². The minimum atomic E-state index is -3.66. The summed E-state index contributed by atoms with van der Waals surface area (Å²) in [7, 11) is -3.66. The van der Waals surface area contributed by atoms with Gasteiger partial charge in [-0.1, -0.05) is 0 Å². The molecule has 23 heavy (non-hydrogen) atoms. The zero-order chi connectivity index (χ0) is 17.2. The molecule has 0 heterocycles. The van der Waals surface area contributed by atoms with Crippen LogP contribution in [0.2, 0.25) is 0 Å². The molecular formula is C13H28O9P-. The molecule has 0 bridgehead atoms. The van der Waals surface area contributed by atoms with Gasteiger partial charge in [0.05, 0.1) is 79.3 Å². The lowest BCUT2D eigenvalue weighted by molar-refractivity contribution is -0.197. The number of aliphatic hydroxyl groups excluding tert-OH is 1. The van der Waals surface area contributed by atoms with Crippen LogP contribution in [0.4, 0.5) is 0 Å². The van der Waals surface area contributed by atoms with Gasteiger partial charge in [0.1, 0.15) is 7.60 Å². The van der Waals surface area contributed by atoms with Crippen LogP contribution in [0.1, 0.15) is 0 Å². The van der Waals surface area contributed by atoms with E-state index in [9.17, 15) is 9.46 Å². The Morgan fingerprint density at radius 2 is 1.00 bits per heavy atom. The quantitative estimate of drug-likeness (QED) is 0.249. The van der Waals surface area contributed by atoms with Crippen LogP contribution in [0, 0.1) is 0 Å². The van der Waals surface area contributed by atoms with E-state index in [0.717, 1.165) is 6.66 Å². The summed E-state index contributed by atoms with van der Waals surface area (Å²) in [5, 5.41) is 8.48. The van der Waals surface area contributed by atoms with E-state index in [1.54, 1.807) is 0 Å². The predicted molar refractivity (Wildman–Crippen MR) is 80.7 cm³/mol. The summed E-state index contributed by atoms with van der Waals surface area (Å²) in [4.78, 5) is 10.7. The molecule has 1 unspecified atom stereocenters. The number of aliphatic hydroxyl groups is 1. The van der Waals surface area contributed by atoms with Crippen molar-refractivity contribution in [1.29, 1.82) is 0 Å². The summed E-state index contributed by atoms with van der Waals surface area (Å²) in [6.45, 7) is 5.16. The Labute approximate surface area is 137 Å². The fourth-order valence-corrected chi connectivity index (χ4v) is 1.71. The average molecular weight is 359 g/mol. The highest BCUT2D eigenvalue weighted by molar-refractivity contribution is 7.50. The zero-order valence-electron chi connectivity index (χ0n) is 13.6. The molecule has 0 aliphatic rings. The molecule has 0 saturated heterocycles. The molecule has 10 heteroatoms. The van der Waals surface area contributed by atoms with E-state index in [1.165, 1.54) is 0 Å². The van der Waals surface area contributed by atoms with Gasteiger partial charge < -0.3 is 42.8 Å². The van der Waals surface area contributed by atoms with Gasteiger partial charge in [0.15, 0.2) is 0 Å². The van der Waals surface area contributed by atoms with E-state index >= 15 is 0 Å². The molecule has 0 amide bonds. The van der Waals surface area contributed by atoms with E-state index in [0.29, 0.717) is 59.5 Å². The highest BCUT2D eigenvalue weighted by Crippen LogP contribution is 2.30. The lowest BCUT2D eigenvalue weighted by Crippen LogP contribution is -2.14. The van der Waals surface area contributed by atoms with E-state index in [-0.39, 0.29) is 19.8 Å². The fourth-order valence-electron chi connectivity index (χ4n) is 1.31. The maximum absolute atomic E-state index is 10.7. The van der Waals surface area contributed by atoms with Crippen molar-refractivity contribution in [2.24, 2.45) is 0 Å². The van der Waals surface area contributed by atoms with E-state index in [1.807, 2.05) is 0 Å². The average Bonchev–Trinajstić information content (AvgIpc) is 2.49. The second-order valence-electron chi connectivity index (χ2n) is 4.39. The van der Waals surface area contributed by atoms with E-state index < -0.39 is 7.60 Å². The molecule has 0 saturated carbocycles. The molecule has 0 rings (SSSR count). The number of hydrogen-bond acceptors (Lipinski definition) is 9. The van der Waals surface area contributed by atoms with Crippen molar-refractivity contribution in [3.05, 3.63) is 0 Å². The van der Waals surface area contributed by atoms with Crippen LogP contribution in [0.25, 0.3) is 0 Å². The van der Waals surface area contributed by atoms with Gasteiger partial charge in [0.2, 0.25) is 0 Å². The van der Waals surface area contributed by atoms with Gasteiger partial charge in [0, 0.05) is 6.66 Å². The van der Waals surface area contributed by atoms with Gasteiger partial charge in [-0.15, -0.1) is 0 Å². The van der Waals surface area contributed by atoms with Gasteiger partial charge >= 0.3 is 0 Å². The molecule has 1 atom stereocenters. The smallest absolute Gasteiger partial charge is 0.131 e. The molecule has 0 aliphatic carbocycles. The molecule has 0 aliphatic heterocycles. The minimum Gasteiger partial charge on any atom is -0.779 e. The predicted octanol–water partition coefficient (Wildman–Crippen LogP) is -0.738. The van der Waals surface area contributed by atoms with Crippen LogP contribution in [-0.2, 0) is 32.8 Å². The summed E-state index contributed by atoms with van der Waals surface area (Å²) in [6.07, 6.45) is 0. The largest absolute Gasteiger partial charge is 0.779 e. The van der Waals surface area contributed by atoms with Gasteiger partial charge in [0.25, 0.3) is 0 Å². The molecule has 140 valence electrons. The highest BCUT2D eigenvalue weighted by atomic mass is 31.2. The fraction of sp³-hybridized carbons (Fsp3) is 1.00. The Balaban J connectivity index is 3.01. The lowest BCUT2D eigenvalue weighted by Gasteiger charge is -2.17. The van der Waals surface area contributed by atoms with Crippen molar-refractivity contribution < 1.29 is 42.8 Å². The Morgan fingerprint density at radius 3 is 1.30 bits per heavy atom.